The first kappa shape index (κ1) is 19.6. The molecule has 0 spiro atoms. The predicted octanol–water partition coefficient (Wildman–Crippen LogP) is 1.58. The fraction of sp³-hybridized carbons (Fsp3) is 0.706. The lowest BCUT2D eigenvalue weighted by Crippen LogP contribution is -2.45. The number of ether oxygens (including phenoxy) is 1. The molecule has 0 aromatic carbocycles. The van der Waals surface area contributed by atoms with E-state index in [2.05, 4.69) is 22.1 Å². The minimum atomic E-state index is -3.41. The molecule has 146 valence electrons. The SMILES string of the molecule is CN=C(NCc1ccc(S(=O)(=O)N2CCOCC2)s1)N1CCC(C)CC1. The summed E-state index contributed by atoms with van der Waals surface area (Å²) in [6.07, 6.45) is 2.36. The number of aliphatic imine (C=N–C) groups is 1. The van der Waals surface area contributed by atoms with E-state index < -0.39 is 10.0 Å². The summed E-state index contributed by atoms with van der Waals surface area (Å²) in [6.45, 7) is 6.68. The van der Waals surface area contributed by atoms with Gasteiger partial charge in [0.1, 0.15) is 4.21 Å². The number of hydrogen-bond donors (Lipinski definition) is 1. The van der Waals surface area contributed by atoms with Crippen molar-refractivity contribution in [2.75, 3.05) is 46.4 Å². The van der Waals surface area contributed by atoms with E-state index >= 15 is 0 Å². The summed E-state index contributed by atoms with van der Waals surface area (Å²) < 4.78 is 32.6. The molecular formula is C17H28N4O3S2. The van der Waals surface area contributed by atoms with Gasteiger partial charge in [0.15, 0.2) is 5.96 Å². The van der Waals surface area contributed by atoms with Crippen molar-refractivity contribution >= 4 is 27.3 Å². The molecule has 1 N–H and O–H groups in total. The zero-order valence-electron chi connectivity index (χ0n) is 15.5. The number of likely N-dealkylation sites (tertiary alicyclic amines) is 1. The lowest BCUT2D eigenvalue weighted by molar-refractivity contribution is 0.0731. The van der Waals surface area contributed by atoms with Gasteiger partial charge >= 0.3 is 0 Å². The summed E-state index contributed by atoms with van der Waals surface area (Å²) in [5, 5.41) is 3.37. The topological polar surface area (TPSA) is 74.2 Å². The van der Waals surface area contributed by atoms with Gasteiger partial charge in [0.25, 0.3) is 10.0 Å². The van der Waals surface area contributed by atoms with Gasteiger partial charge < -0.3 is 15.0 Å². The molecule has 26 heavy (non-hydrogen) atoms. The molecule has 1 aromatic heterocycles. The minimum Gasteiger partial charge on any atom is -0.379 e. The van der Waals surface area contributed by atoms with Gasteiger partial charge in [0, 0.05) is 38.1 Å². The smallest absolute Gasteiger partial charge is 0.252 e. The van der Waals surface area contributed by atoms with Crippen LogP contribution in [0.2, 0.25) is 0 Å². The van der Waals surface area contributed by atoms with E-state index in [1.165, 1.54) is 28.5 Å². The number of guanidine groups is 1. The van der Waals surface area contributed by atoms with Crippen molar-refractivity contribution in [1.82, 2.24) is 14.5 Å². The molecule has 2 fully saturated rings. The van der Waals surface area contributed by atoms with Crippen molar-refractivity contribution < 1.29 is 13.2 Å². The first-order chi connectivity index (χ1) is 12.5. The number of piperidine rings is 1. The van der Waals surface area contributed by atoms with Gasteiger partial charge in [0.2, 0.25) is 0 Å². The fourth-order valence-electron chi connectivity index (χ4n) is 3.22. The van der Waals surface area contributed by atoms with Crippen molar-refractivity contribution in [3.05, 3.63) is 17.0 Å². The molecule has 1 aromatic rings. The molecule has 7 nitrogen and oxygen atoms in total. The zero-order chi connectivity index (χ0) is 18.6. The van der Waals surface area contributed by atoms with Crippen LogP contribution in [0.4, 0.5) is 0 Å². The van der Waals surface area contributed by atoms with Gasteiger partial charge in [0.05, 0.1) is 19.8 Å². The van der Waals surface area contributed by atoms with Crippen LogP contribution in [0.15, 0.2) is 21.3 Å². The second kappa shape index (κ2) is 8.69. The maximum Gasteiger partial charge on any atom is 0.252 e. The van der Waals surface area contributed by atoms with Crippen LogP contribution in [0.1, 0.15) is 24.6 Å². The van der Waals surface area contributed by atoms with Gasteiger partial charge in [-0.2, -0.15) is 4.31 Å². The van der Waals surface area contributed by atoms with Crippen LogP contribution in [0.25, 0.3) is 0 Å². The Balaban J connectivity index is 1.59. The first-order valence-electron chi connectivity index (χ1n) is 9.13. The Hall–Kier alpha value is -1.16. The Labute approximate surface area is 160 Å². The second-order valence-corrected chi connectivity index (χ2v) is 10.1. The number of sulfonamides is 1. The molecule has 0 radical (unpaired) electrons. The predicted molar refractivity (Wildman–Crippen MR) is 104 cm³/mol. The van der Waals surface area contributed by atoms with Gasteiger partial charge in [-0.05, 0) is 30.9 Å². The van der Waals surface area contributed by atoms with Crippen molar-refractivity contribution in [2.24, 2.45) is 10.9 Å². The first-order valence-corrected chi connectivity index (χ1v) is 11.4. The van der Waals surface area contributed by atoms with Crippen LogP contribution >= 0.6 is 11.3 Å². The molecule has 0 atom stereocenters. The molecule has 9 heteroatoms. The van der Waals surface area contributed by atoms with Crippen LogP contribution < -0.4 is 5.32 Å². The van der Waals surface area contributed by atoms with Gasteiger partial charge in [-0.3, -0.25) is 4.99 Å². The summed E-state index contributed by atoms with van der Waals surface area (Å²) in [5.41, 5.74) is 0. The molecule has 2 aliphatic heterocycles. The quantitative estimate of drug-likeness (QED) is 0.614. The average molecular weight is 401 g/mol. The van der Waals surface area contributed by atoms with Crippen molar-refractivity contribution in [1.29, 1.82) is 0 Å². The molecule has 0 unspecified atom stereocenters. The molecular weight excluding hydrogens is 372 g/mol. The third kappa shape index (κ3) is 4.57. The second-order valence-electron chi connectivity index (χ2n) is 6.81. The zero-order valence-corrected chi connectivity index (χ0v) is 17.1. The molecule has 2 aliphatic rings. The third-order valence-corrected chi connectivity index (χ3v) is 8.37. The van der Waals surface area contributed by atoms with Gasteiger partial charge in [-0.15, -0.1) is 11.3 Å². The van der Waals surface area contributed by atoms with Crippen LogP contribution in [-0.2, 0) is 21.3 Å². The maximum absolute atomic E-state index is 12.7. The lowest BCUT2D eigenvalue weighted by atomic mass is 10.00. The summed E-state index contributed by atoms with van der Waals surface area (Å²) in [4.78, 5) is 7.64. The lowest BCUT2D eigenvalue weighted by Gasteiger charge is -2.32. The highest BCUT2D eigenvalue weighted by atomic mass is 32.2. The highest BCUT2D eigenvalue weighted by Gasteiger charge is 2.27. The number of thiophene rings is 1. The summed E-state index contributed by atoms with van der Waals surface area (Å²) >= 11 is 1.33. The number of nitrogens with one attached hydrogen (secondary N) is 1. The van der Waals surface area contributed by atoms with E-state index in [1.807, 2.05) is 6.07 Å². The molecule has 2 saturated heterocycles. The monoisotopic (exact) mass is 400 g/mol. The molecule has 3 rings (SSSR count). The molecule has 0 bridgehead atoms. The Morgan fingerprint density at radius 2 is 1.96 bits per heavy atom. The molecule has 0 amide bonds. The van der Waals surface area contributed by atoms with E-state index in [0.29, 0.717) is 37.1 Å². The Morgan fingerprint density at radius 3 is 2.62 bits per heavy atom. The number of nitrogens with zero attached hydrogens (tertiary/aromatic N) is 3. The van der Waals surface area contributed by atoms with Crippen molar-refractivity contribution in [2.45, 2.75) is 30.5 Å². The number of morpholine rings is 1. The van der Waals surface area contributed by atoms with Crippen molar-refractivity contribution in [3.8, 4) is 0 Å². The van der Waals surface area contributed by atoms with E-state index in [-0.39, 0.29) is 0 Å². The highest BCUT2D eigenvalue weighted by Crippen LogP contribution is 2.25. The Kier molecular flexibility index (Phi) is 6.55. The van der Waals surface area contributed by atoms with E-state index in [1.54, 1.807) is 13.1 Å². The minimum absolute atomic E-state index is 0.401. The standard InChI is InChI=1S/C17H28N4O3S2/c1-14-5-7-20(8-6-14)17(18-2)19-13-15-3-4-16(25-15)26(22,23)21-9-11-24-12-10-21/h3-4,14H,5-13H2,1-2H3,(H,18,19). The van der Waals surface area contributed by atoms with E-state index in [4.69, 9.17) is 4.74 Å². The van der Waals surface area contributed by atoms with Gasteiger partial charge in [-0.1, -0.05) is 6.92 Å². The van der Waals surface area contributed by atoms with Crippen LogP contribution in [0.5, 0.6) is 0 Å². The van der Waals surface area contributed by atoms with Crippen LogP contribution in [0, 0.1) is 5.92 Å². The van der Waals surface area contributed by atoms with Gasteiger partial charge in [-0.25, -0.2) is 8.42 Å². The fourth-order valence-corrected chi connectivity index (χ4v) is 6.08. The third-order valence-electron chi connectivity index (χ3n) is 4.92. The van der Waals surface area contributed by atoms with E-state index in [9.17, 15) is 8.42 Å². The molecule has 0 aliphatic carbocycles. The molecule has 0 saturated carbocycles. The summed E-state index contributed by atoms with van der Waals surface area (Å²) in [7, 11) is -1.61. The summed E-state index contributed by atoms with van der Waals surface area (Å²) in [6, 6.07) is 3.59. The number of hydrogen-bond acceptors (Lipinski definition) is 5. The van der Waals surface area contributed by atoms with Crippen LogP contribution in [0.3, 0.4) is 0 Å². The van der Waals surface area contributed by atoms with Crippen molar-refractivity contribution in [3.63, 3.8) is 0 Å². The highest BCUT2D eigenvalue weighted by molar-refractivity contribution is 7.91. The molecule has 3 heterocycles. The Morgan fingerprint density at radius 1 is 1.27 bits per heavy atom. The maximum atomic E-state index is 12.7. The van der Waals surface area contributed by atoms with Crippen LogP contribution in [-0.4, -0.2) is 70.0 Å². The van der Waals surface area contributed by atoms with E-state index in [0.717, 1.165) is 29.8 Å². The average Bonchev–Trinajstić information content (AvgIpc) is 3.14. The summed E-state index contributed by atoms with van der Waals surface area (Å²) in [5.74, 6) is 1.66. The normalized spacial score (nSPS) is 21.2. The number of rotatable bonds is 4. The Bertz CT molecular complexity index is 718. The largest absolute Gasteiger partial charge is 0.379 e.